The number of ether oxygens (including phenoxy) is 1. The Morgan fingerprint density at radius 1 is 1.14 bits per heavy atom. The number of carbonyl (C=O) groups excluding carboxylic acids is 1. The van der Waals surface area contributed by atoms with Crippen LogP contribution in [0.4, 0.5) is 4.39 Å². The number of hydrazone groups is 1. The highest BCUT2D eigenvalue weighted by molar-refractivity contribution is 6.03. The van der Waals surface area contributed by atoms with Crippen LogP contribution in [0, 0.1) is 5.82 Å². The summed E-state index contributed by atoms with van der Waals surface area (Å²) in [5.41, 5.74) is 2.20. The molecule has 4 rings (SSSR count). The van der Waals surface area contributed by atoms with Crippen LogP contribution in [0.2, 0.25) is 0 Å². The van der Waals surface area contributed by atoms with Gasteiger partial charge in [-0.2, -0.15) is 5.10 Å². The van der Waals surface area contributed by atoms with E-state index in [0.717, 1.165) is 43.0 Å². The lowest BCUT2D eigenvalue weighted by atomic mass is 9.98. The van der Waals surface area contributed by atoms with Crippen molar-refractivity contribution < 1.29 is 13.9 Å². The van der Waals surface area contributed by atoms with Gasteiger partial charge in [0.25, 0.3) is 5.91 Å². The predicted molar refractivity (Wildman–Crippen MR) is 106 cm³/mol. The molecular weight excluding hydrogens is 357 g/mol. The SMILES string of the molecule is COc1ccc(C2=NN(C(=O)CN3CCCC3)C(c3ccccc3F)C2)cc1. The molecule has 2 heterocycles. The van der Waals surface area contributed by atoms with Crippen molar-refractivity contribution in [1.82, 2.24) is 9.91 Å². The van der Waals surface area contributed by atoms with Gasteiger partial charge in [0.1, 0.15) is 11.6 Å². The van der Waals surface area contributed by atoms with Crippen LogP contribution >= 0.6 is 0 Å². The summed E-state index contributed by atoms with van der Waals surface area (Å²) in [5.74, 6) is 0.367. The molecule has 0 spiro atoms. The van der Waals surface area contributed by atoms with Crippen molar-refractivity contribution in [2.75, 3.05) is 26.7 Å². The van der Waals surface area contributed by atoms with E-state index in [1.807, 2.05) is 24.3 Å². The molecule has 0 saturated carbocycles. The first-order valence-corrected chi connectivity index (χ1v) is 9.66. The first kappa shape index (κ1) is 18.6. The Morgan fingerprint density at radius 2 is 1.86 bits per heavy atom. The molecule has 146 valence electrons. The first-order valence-electron chi connectivity index (χ1n) is 9.66. The molecule has 1 atom stereocenters. The average Bonchev–Trinajstić information content (AvgIpc) is 3.38. The fourth-order valence-corrected chi connectivity index (χ4v) is 3.89. The van der Waals surface area contributed by atoms with Crippen molar-refractivity contribution in [3.8, 4) is 5.75 Å². The summed E-state index contributed by atoms with van der Waals surface area (Å²) in [5, 5.41) is 6.10. The van der Waals surface area contributed by atoms with E-state index in [1.165, 1.54) is 11.1 Å². The molecule has 0 N–H and O–H groups in total. The number of hydrogen-bond acceptors (Lipinski definition) is 4. The van der Waals surface area contributed by atoms with Gasteiger partial charge in [0.15, 0.2) is 0 Å². The van der Waals surface area contributed by atoms with Gasteiger partial charge < -0.3 is 4.74 Å². The van der Waals surface area contributed by atoms with Crippen molar-refractivity contribution in [1.29, 1.82) is 0 Å². The number of methoxy groups -OCH3 is 1. The standard InChI is InChI=1S/C22H24FN3O2/c1-28-17-10-8-16(9-11-17)20-14-21(18-6-2-3-7-19(18)23)26(24-20)22(27)15-25-12-4-5-13-25/h2-3,6-11,21H,4-5,12-15H2,1H3. The zero-order chi connectivity index (χ0) is 19.5. The lowest BCUT2D eigenvalue weighted by molar-refractivity contribution is -0.134. The van der Waals surface area contributed by atoms with Gasteiger partial charge in [0, 0.05) is 12.0 Å². The van der Waals surface area contributed by atoms with Gasteiger partial charge >= 0.3 is 0 Å². The number of likely N-dealkylation sites (tertiary alicyclic amines) is 1. The third kappa shape index (κ3) is 3.78. The summed E-state index contributed by atoms with van der Waals surface area (Å²) < 4.78 is 19.7. The second kappa shape index (κ2) is 8.10. The molecule has 1 fully saturated rings. The lowest BCUT2D eigenvalue weighted by Gasteiger charge is -2.24. The maximum atomic E-state index is 14.5. The molecule has 2 aromatic rings. The fourth-order valence-electron chi connectivity index (χ4n) is 3.89. The van der Waals surface area contributed by atoms with E-state index in [-0.39, 0.29) is 11.7 Å². The Balaban J connectivity index is 1.63. The third-order valence-electron chi connectivity index (χ3n) is 5.41. The molecule has 2 aliphatic rings. The van der Waals surface area contributed by atoms with Crippen molar-refractivity contribution in [2.45, 2.75) is 25.3 Å². The molecule has 28 heavy (non-hydrogen) atoms. The van der Waals surface area contributed by atoms with Crippen molar-refractivity contribution in [3.63, 3.8) is 0 Å². The first-order chi connectivity index (χ1) is 13.7. The zero-order valence-electron chi connectivity index (χ0n) is 16.0. The highest BCUT2D eigenvalue weighted by Crippen LogP contribution is 2.34. The van der Waals surface area contributed by atoms with Gasteiger partial charge in [-0.1, -0.05) is 18.2 Å². The molecule has 0 bridgehead atoms. The highest BCUT2D eigenvalue weighted by Gasteiger charge is 2.35. The largest absolute Gasteiger partial charge is 0.497 e. The number of hydrogen-bond donors (Lipinski definition) is 0. The minimum atomic E-state index is -0.423. The maximum Gasteiger partial charge on any atom is 0.257 e. The van der Waals surface area contributed by atoms with Gasteiger partial charge in [-0.05, 0) is 61.8 Å². The summed E-state index contributed by atoms with van der Waals surface area (Å²) >= 11 is 0. The molecule has 5 nitrogen and oxygen atoms in total. The zero-order valence-corrected chi connectivity index (χ0v) is 16.0. The van der Waals surface area contributed by atoms with Crippen LogP contribution in [0.1, 0.15) is 36.4 Å². The molecule has 6 heteroatoms. The number of amides is 1. The molecule has 2 aromatic carbocycles. The predicted octanol–water partition coefficient (Wildman–Crippen LogP) is 3.61. The van der Waals surface area contributed by atoms with Gasteiger partial charge in [-0.15, -0.1) is 0 Å². The number of halogens is 1. The number of nitrogens with zero attached hydrogens (tertiary/aromatic N) is 3. The van der Waals surface area contributed by atoms with Crippen LogP contribution in [-0.4, -0.2) is 48.3 Å². The summed E-state index contributed by atoms with van der Waals surface area (Å²) in [6.07, 6.45) is 2.72. The minimum Gasteiger partial charge on any atom is -0.497 e. The third-order valence-corrected chi connectivity index (χ3v) is 5.41. The quantitative estimate of drug-likeness (QED) is 0.795. The second-order valence-corrected chi connectivity index (χ2v) is 7.24. The van der Waals surface area contributed by atoms with Gasteiger partial charge in [0.05, 0.1) is 25.4 Å². The Kier molecular flexibility index (Phi) is 5.39. The Bertz CT molecular complexity index is 876. The van der Waals surface area contributed by atoms with Crippen LogP contribution in [0.15, 0.2) is 53.6 Å². The maximum absolute atomic E-state index is 14.5. The van der Waals surface area contributed by atoms with E-state index in [1.54, 1.807) is 25.3 Å². The van der Waals surface area contributed by atoms with E-state index >= 15 is 0 Å². The Labute approximate surface area is 164 Å². The Hall–Kier alpha value is -2.73. The lowest BCUT2D eigenvalue weighted by Crippen LogP contribution is -2.37. The van der Waals surface area contributed by atoms with E-state index in [0.29, 0.717) is 18.5 Å². The number of carbonyl (C=O) groups is 1. The second-order valence-electron chi connectivity index (χ2n) is 7.24. The molecule has 1 amide bonds. The van der Waals surface area contributed by atoms with E-state index in [9.17, 15) is 9.18 Å². The molecular formula is C22H24FN3O2. The van der Waals surface area contributed by atoms with Crippen LogP contribution in [0.3, 0.4) is 0 Å². The molecule has 0 aliphatic carbocycles. The summed E-state index contributed by atoms with van der Waals surface area (Å²) in [4.78, 5) is 15.1. The van der Waals surface area contributed by atoms with Crippen LogP contribution < -0.4 is 4.74 Å². The fraction of sp³-hybridized carbons (Fsp3) is 0.364. The van der Waals surface area contributed by atoms with E-state index < -0.39 is 6.04 Å². The van der Waals surface area contributed by atoms with Crippen molar-refractivity contribution in [3.05, 3.63) is 65.5 Å². The Morgan fingerprint density at radius 3 is 2.54 bits per heavy atom. The molecule has 0 aromatic heterocycles. The van der Waals surface area contributed by atoms with Crippen molar-refractivity contribution >= 4 is 11.6 Å². The van der Waals surface area contributed by atoms with Gasteiger partial charge in [0.2, 0.25) is 0 Å². The number of rotatable bonds is 5. The average molecular weight is 381 g/mol. The topological polar surface area (TPSA) is 45.1 Å². The highest BCUT2D eigenvalue weighted by atomic mass is 19.1. The molecule has 1 saturated heterocycles. The van der Waals surface area contributed by atoms with Crippen molar-refractivity contribution in [2.24, 2.45) is 5.10 Å². The smallest absolute Gasteiger partial charge is 0.257 e. The summed E-state index contributed by atoms with van der Waals surface area (Å²) in [6, 6.07) is 13.8. The minimum absolute atomic E-state index is 0.0846. The summed E-state index contributed by atoms with van der Waals surface area (Å²) in [7, 11) is 1.62. The molecule has 2 aliphatic heterocycles. The molecule has 0 radical (unpaired) electrons. The van der Waals surface area contributed by atoms with Crippen LogP contribution in [0.5, 0.6) is 5.75 Å². The van der Waals surface area contributed by atoms with Crippen LogP contribution in [0.25, 0.3) is 0 Å². The van der Waals surface area contributed by atoms with Gasteiger partial charge in [-0.25, -0.2) is 9.40 Å². The van der Waals surface area contributed by atoms with Gasteiger partial charge in [-0.3, -0.25) is 9.69 Å². The van der Waals surface area contributed by atoms with Crippen LogP contribution in [-0.2, 0) is 4.79 Å². The van der Waals surface area contributed by atoms with E-state index in [4.69, 9.17) is 4.74 Å². The monoisotopic (exact) mass is 381 g/mol. The summed E-state index contributed by atoms with van der Waals surface area (Å²) in [6.45, 7) is 2.18. The number of benzene rings is 2. The van der Waals surface area contributed by atoms with E-state index in [2.05, 4.69) is 10.0 Å². The normalized spacial score (nSPS) is 19.7. The molecule has 1 unspecified atom stereocenters.